The van der Waals surface area contributed by atoms with Gasteiger partial charge in [-0.15, -0.1) is 0 Å². The second-order valence-corrected chi connectivity index (χ2v) is 4.76. The second kappa shape index (κ2) is 5.83. The van der Waals surface area contributed by atoms with Gasteiger partial charge in [-0.3, -0.25) is 4.99 Å². The summed E-state index contributed by atoms with van der Waals surface area (Å²) in [6, 6.07) is 0. The van der Waals surface area contributed by atoms with Crippen LogP contribution in [0.5, 0.6) is 0 Å². The normalized spacial score (nSPS) is 20.4. The highest BCUT2D eigenvalue weighted by atomic mass is 127. The van der Waals surface area contributed by atoms with Gasteiger partial charge >= 0.3 is 0 Å². The van der Waals surface area contributed by atoms with Crippen molar-refractivity contribution in [2.75, 3.05) is 13.6 Å². The minimum Gasteiger partial charge on any atom is -0.303 e. The minimum absolute atomic E-state index is 0.732. The monoisotopic (exact) mass is 294 g/mol. The Hall–Kier alpha value is 0.200. The lowest BCUT2D eigenvalue weighted by Gasteiger charge is -2.27. The molecule has 1 saturated carbocycles. The first kappa shape index (κ1) is 11.3. The SMILES string of the molecule is CCN(I)C(=NC)C1CCCCC1. The zero-order chi connectivity index (χ0) is 9.68. The maximum Gasteiger partial charge on any atom is 0.110 e. The molecule has 0 amide bonds. The standard InChI is InChI=1S/C10H19IN2/c1-3-13(11)10(12-2)9-7-5-4-6-8-9/h9H,3-8H2,1-2H3. The molecule has 13 heavy (non-hydrogen) atoms. The van der Waals surface area contributed by atoms with Gasteiger partial charge in [-0.05, 0) is 19.8 Å². The van der Waals surface area contributed by atoms with Crippen LogP contribution in [0.2, 0.25) is 0 Å². The van der Waals surface area contributed by atoms with E-state index in [2.05, 4.69) is 37.9 Å². The van der Waals surface area contributed by atoms with Crippen LogP contribution < -0.4 is 0 Å². The lowest BCUT2D eigenvalue weighted by Crippen LogP contribution is -2.30. The molecule has 3 heteroatoms. The maximum atomic E-state index is 4.42. The Balaban J connectivity index is 2.54. The Morgan fingerprint density at radius 2 is 2.00 bits per heavy atom. The Labute approximate surface area is 95.3 Å². The van der Waals surface area contributed by atoms with Gasteiger partial charge in [-0.25, -0.2) is 0 Å². The molecule has 0 aromatic heterocycles. The van der Waals surface area contributed by atoms with E-state index in [1.807, 2.05) is 7.05 Å². The molecule has 0 bridgehead atoms. The molecule has 2 nitrogen and oxygen atoms in total. The van der Waals surface area contributed by atoms with Crippen molar-refractivity contribution in [1.29, 1.82) is 0 Å². The summed E-state index contributed by atoms with van der Waals surface area (Å²) in [7, 11) is 1.92. The highest BCUT2D eigenvalue weighted by Crippen LogP contribution is 2.27. The molecule has 1 rings (SSSR count). The predicted molar refractivity (Wildman–Crippen MR) is 66.3 cm³/mol. The fourth-order valence-electron chi connectivity index (χ4n) is 2.01. The molecule has 0 aromatic rings. The number of rotatable bonds is 2. The zero-order valence-corrected chi connectivity index (χ0v) is 10.7. The Bertz CT molecular complexity index is 174. The number of hydrogen-bond acceptors (Lipinski definition) is 1. The molecule has 0 saturated heterocycles. The maximum absolute atomic E-state index is 4.42. The van der Waals surface area contributed by atoms with Gasteiger partial charge < -0.3 is 3.11 Å². The lowest BCUT2D eigenvalue weighted by atomic mass is 9.88. The molecule has 1 fully saturated rings. The third-order valence-corrected chi connectivity index (χ3v) is 3.90. The Morgan fingerprint density at radius 1 is 1.38 bits per heavy atom. The summed E-state index contributed by atoms with van der Waals surface area (Å²) >= 11 is 2.37. The van der Waals surface area contributed by atoms with E-state index in [9.17, 15) is 0 Å². The number of nitrogens with zero attached hydrogens (tertiary/aromatic N) is 2. The fourth-order valence-corrected chi connectivity index (χ4v) is 2.62. The summed E-state index contributed by atoms with van der Waals surface area (Å²) < 4.78 is 2.26. The van der Waals surface area contributed by atoms with E-state index < -0.39 is 0 Å². The fraction of sp³-hybridized carbons (Fsp3) is 0.900. The van der Waals surface area contributed by atoms with Gasteiger partial charge in [0, 0.05) is 19.5 Å². The van der Waals surface area contributed by atoms with E-state index in [1.165, 1.54) is 37.9 Å². The number of aliphatic imine (C=N–C) groups is 1. The van der Waals surface area contributed by atoms with Crippen molar-refractivity contribution in [2.24, 2.45) is 10.9 Å². The van der Waals surface area contributed by atoms with Crippen LogP contribution in [0.3, 0.4) is 0 Å². The summed E-state index contributed by atoms with van der Waals surface area (Å²) in [5, 5.41) is 0. The van der Waals surface area contributed by atoms with Gasteiger partial charge in [0.1, 0.15) is 5.84 Å². The molecule has 0 aromatic carbocycles. The molecule has 0 aliphatic heterocycles. The number of amidine groups is 1. The molecular formula is C10H19IN2. The minimum atomic E-state index is 0.732. The van der Waals surface area contributed by atoms with Crippen molar-refractivity contribution in [2.45, 2.75) is 39.0 Å². The van der Waals surface area contributed by atoms with Gasteiger partial charge in [0.2, 0.25) is 0 Å². The number of halogens is 1. The average Bonchev–Trinajstić information content (AvgIpc) is 2.20. The van der Waals surface area contributed by atoms with Crippen LogP contribution in [0.4, 0.5) is 0 Å². The average molecular weight is 294 g/mol. The van der Waals surface area contributed by atoms with Gasteiger partial charge in [-0.2, -0.15) is 0 Å². The summed E-state index contributed by atoms with van der Waals surface area (Å²) in [5.74, 6) is 2.04. The van der Waals surface area contributed by atoms with E-state index >= 15 is 0 Å². The molecular weight excluding hydrogens is 275 g/mol. The van der Waals surface area contributed by atoms with Crippen molar-refractivity contribution in [3.8, 4) is 0 Å². The predicted octanol–water partition coefficient (Wildman–Crippen LogP) is 3.27. The van der Waals surface area contributed by atoms with Crippen molar-refractivity contribution in [3.05, 3.63) is 0 Å². The third-order valence-electron chi connectivity index (χ3n) is 2.73. The zero-order valence-electron chi connectivity index (χ0n) is 8.59. The van der Waals surface area contributed by atoms with E-state index in [1.54, 1.807) is 0 Å². The molecule has 0 spiro atoms. The van der Waals surface area contributed by atoms with Crippen molar-refractivity contribution < 1.29 is 0 Å². The first-order valence-corrected chi connectivity index (χ1v) is 6.16. The Morgan fingerprint density at radius 3 is 2.46 bits per heavy atom. The van der Waals surface area contributed by atoms with Gasteiger partial charge in [-0.1, -0.05) is 19.3 Å². The molecule has 0 heterocycles. The molecule has 0 atom stereocenters. The molecule has 1 aliphatic rings. The van der Waals surface area contributed by atoms with Crippen LogP contribution in [0.25, 0.3) is 0 Å². The third kappa shape index (κ3) is 3.11. The van der Waals surface area contributed by atoms with Crippen LogP contribution in [0, 0.1) is 5.92 Å². The molecule has 76 valence electrons. The van der Waals surface area contributed by atoms with Crippen LogP contribution >= 0.6 is 22.9 Å². The second-order valence-electron chi connectivity index (χ2n) is 3.60. The Kier molecular flexibility index (Phi) is 5.06. The molecule has 0 radical (unpaired) electrons. The highest BCUT2D eigenvalue weighted by molar-refractivity contribution is 14.1. The largest absolute Gasteiger partial charge is 0.303 e. The van der Waals surface area contributed by atoms with Crippen LogP contribution in [-0.4, -0.2) is 22.5 Å². The van der Waals surface area contributed by atoms with Crippen molar-refractivity contribution in [3.63, 3.8) is 0 Å². The first-order valence-electron chi connectivity index (χ1n) is 5.19. The van der Waals surface area contributed by atoms with Crippen LogP contribution in [-0.2, 0) is 0 Å². The van der Waals surface area contributed by atoms with E-state index in [0.29, 0.717) is 0 Å². The smallest absolute Gasteiger partial charge is 0.110 e. The summed E-state index contributed by atoms with van der Waals surface area (Å²) in [5.41, 5.74) is 0. The molecule has 1 aliphatic carbocycles. The van der Waals surface area contributed by atoms with Crippen molar-refractivity contribution in [1.82, 2.24) is 3.11 Å². The molecule has 0 unspecified atom stereocenters. The van der Waals surface area contributed by atoms with Gasteiger partial charge in [0.15, 0.2) is 0 Å². The highest BCUT2D eigenvalue weighted by Gasteiger charge is 2.21. The van der Waals surface area contributed by atoms with Crippen molar-refractivity contribution >= 4 is 28.7 Å². The van der Waals surface area contributed by atoms with Crippen LogP contribution in [0.1, 0.15) is 39.0 Å². The first-order chi connectivity index (χ1) is 6.29. The number of hydrogen-bond donors (Lipinski definition) is 0. The van der Waals surface area contributed by atoms with Gasteiger partial charge in [0.25, 0.3) is 0 Å². The van der Waals surface area contributed by atoms with E-state index in [4.69, 9.17) is 0 Å². The van der Waals surface area contributed by atoms with Gasteiger partial charge in [0.05, 0.1) is 22.9 Å². The summed E-state index contributed by atoms with van der Waals surface area (Å²) in [6.07, 6.45) is 6.87. The molecule has 0 N–H and O–H groups in total. The summed E-state index contributed by atoms with van der Waals surface area (Å²) in [6.45, 7) is 3.24. The van der Waals surface area contributed by atoms with E-state index in [-0.39, 0.29) is 0 Å². The van der Waals surface area contributed by atoms with Crippen LogP contribution in [0.15, 0.2) is 4.99 Å². The quantitative estimate of drug-likeness (QED) is 0.330. The topological polar surface area (TPSA) is 15.6 Å². The van der Waals surface area contributed by atoms with E-state index in [0.717, 1.165) is 12.5 Å². The summed E-state index contributed by atoms with van der Waals surface area (Å²) in [4.78, 5) is 4.42. The lowest BCUT2D eigenvalue weighted by molar-refractivity contribution is 0.422.